The molecule has 3 N–H and O–H groups in total. The Kier molecular flexibility index (Phi) is 8.42. The smallest absolute Gasteiger partial charge is 0.243 e. The first-order chi connectivity index (χ1) is 9.68. The first-order valence-corrected chi connectivity index (χ1v) is 7.19. The van der Waals surface area contributed by atoms with Crippen molar-refractivity contribution in [2.75, 3.05) is 40.3 Å². The Bertz CT molecular complexity index is 372. The Labute approximate surface area is 127 Å². The fraction of sp³-hybridized carbons (Fsp3) is 0.786. The highest BCUT2D eigenvalue weighted by atomic mass is 16.2. The van der Waals surface area contributed by atoms with Crippen LogP contribution in [0.1, 0.15) is 27.7 Å². The van der Waals surface area contributed by atoms with Gasteiger partial charge in [0, 0.05) is 39.1 Å². The van der Waals surface area contributed by atoms with E-state index >= 15 is 0 Å². The van der Waals surface area contributed by atoms with Crippen LogP contribution in [-0.4, -0.2) is 62.9 Å². The van der Waals surface area contributed by atoms with E-state index in [0.29, 0.717) is 25.6 Å². The van der Waals surface area contributed by atoms with Crippen LogP contribution in [0.3, 0.4) is 0 Å². The Morgan fingerprint density at radius 1 is 1.05 bits per heavy atom. The van der Waals surface area contributed by atoms with Gasteiger partial charge in [-0.15, -0.1) is 0 Å². The lowest BCUT2D eigenvalue weighted by Gasteiger charge is -2.18. The Balaban J connectivity index is 4.19. The maximum absolute atomic E-state index is 11.7. The molecular formula is C14H29N5O2. The van der Waals surface area contributed by atoms with Gasteiger partial charge in [-0.05, 0) is 6.92 Å². The molecule has 0 fully saturated rings. The Morgan fingerprint density at radius 3 is 2.10 bits per heavy atom. The van der Waals surface area contributed by atoms with E-state index in [-0.39, 0.29) is 18.4 Å². The fourth-order valence-electron chi connectivity index (χ4n) is 1.25. The SMILES string of the molecule is CCNC(=NCC(=O)N(C)C)NCCNC(=O)C(C)(C)C. The third-order valence-corrected chi connectivity index (χ3v) is 2.60. The monoisotopic (exact) mass is 299 g/mol. The molecule has 0 aromatic carbocycles. The fourth-order valence-corrected chi connectivity index (χ4v) is 1.25. The molecule has 0 rings (SSSR count). The van der Waals surface area contributed by atoms with E-state index < -0.39 is 5.41 Å². The molecule has 0 aromatic rings. The summed E-state index contributed by atoms with van der Waals surface area (Å²) in [6.07, 6.45) is 0. The number of aliphatic imine (C=N–C) groups is 1. The van der Waals surface area contributed by atoms with Gasteiger partial charge in [-0.25, -0.2) is 4.99 Å². The molecule has 7 heteroatoms. The van der Waals surface area contributed by atoms with Crippen LogP contribution < -0.4 is 16.0 Å². The van der Waals surface area contributed by atoms with Gasteiger partial charge in [0.1, 0.15) is 6.54 Å². The molecule has 122 valence electrons. The summed E-state index contributed by atoms with van der Waals surface area (Å²) in [7, 11) is 3.39. The largest absolute Gasteiger partial charge is 0.357 e. The zero-order valence-corrected chi connectivity index (χ0v) is 14.0. The molecule has 0 bridgehead atoms. The zero-order valence-electron chi connectivity index (χ0n) is 14.0. The minimum absolute atomic E-state index is 0.00836. The summed E-state index contributed by atoms with van der Waals surface area (Å²) in [4.78, 5) is 28.9. The first kappa shape index (κ1) is 19.2. The number of amides is 2. The number of likely N-dealkylation sites (N-methyl/N-ethyl adjacent to an activating group) is 1. The summed E-state index contributed by atoms with van der Waals surface area (Å²) in [5, 5.41) is 8.97. The number of rotatable bonds is 6. The number of carbonyl (C=O) groups is 2. The predicted molar refractivity (Wildman–Crippen MR) is 85.1 cm³/mol. The summed E-state index contributed by atoms with van der Waals surface area (Å²) in [6, 6.07) is 0. The van der Waals surface area contributed by atoms with Gasteiger partial charge in [-0.2, -0.15) is 0 Å². The highest BCUT2D eigenvalue weighted by Crippen LogP contribution is 2.11. The standard InChI is InChI=1S/C14H29N5O2/c1-7-15-13(18-10-11(20)19(5)6)17-9-8-16-12(21)14(2,3)4/h7-10H2,1-6H3,(H,16,21)(H2,15,17,18). The molecule has 0 aliphatic rings. The summed E-state index contributed by atoms with van der Waals surface area (Å²) >= 11 is 0. The maximum atomic E-state index is 11.7. The lowest BCUT2D eigenvalue weighted by molar-refractivity contribution is -0.128. The molecule has 0 atom stereocenters. The van der Waals surface area contributed by atoms with Crippen LogP contribution in [0.25, 0.3) is 0 Å². The van der Waals surface area contributed by atoms with E-state index in [2.05, 4.69) is 20.9 Å². The van der Waals surface area contributed by atoms with Gasteiger partial charge in [0.2, 0.25) is 11.8 Å². The van der Waals surface area contributed by atoms with Gasteiger partial charge in [0.25, 0.3) is 0 Å². The van der Waals surface area contributed by atoms with Gasteiger partial charge in [-0.1, -0.05) is 20.8 Å². The van der Waals surface area contributed by atoms with Crippen molar-refractivity contribution in [2.45, 2.75) is 27.7 Å². The summed E-state index contributed by atoms with van der Waals surface area (Å²) < 4.78 is 0. The van der Waals surface area contributed by atoms with Gasteiger partial charge < -0.3 is 20.9 Å². The van der Waals surface area contributed by atoms with E-state index in [1.807, 2.05) is 27.7 Å². The highest BCUT2D eigenvalue weighted by molar-refractivity contribution is 5.85. The van der Waals surface area contributed by atoms with Crippen molar-refractivity contribution in [2.24, 2.45) is 10.4 Å². The van der Waals surface area contributed by atoms with E-state index in [9.17, 15) is 9.59 Å². The molecule has 21 heavy (non-hydrogen) atoms. The van der Waals surface area contributed by atoms with Crippen LogP contribution in [0.2, 0.25) is 0 Å². The molecule has 0 aromatic heterocycles. The highest BCUT2D eigenvalue weighted by Gasteiger charge is 2.20. The van der Waals surface area contributed by atoms with Gasteiger partial charge in [0.05, 0.1) is 0 Å². The average molecular weight is 299 g/mol. The maximum Gasteiger partial charge on any atom is 0.243 e. The van der Waals surface area contributed by atoms with E-state index in [1.54, 1.807) is 14.1 Å². The molecule has 0 spiro atoms. The first-order valence-electron chi connectivity index (χ1n) is 7.19. The molecule has 0 unspecified atom stereocenters. The van der Waals surface area contributed by atoms with E-state index in [1.165, 1.54) is 4.90 Å². The van der Waals surface area contributed by atoms with E-state index in [0.717, 1.165) is 0 Å². The summed E-state index contributed by atoms with van der Waals surface area (Å²) in [5.41, 5.74) is -0.392. The van der Waals surface area contributed by atoms with Gasteiger partial charge >= 0.3 is 0 Å². The normalized spacial score (nSPS) is 11.8. The lowest BCUT2D eigenvalue weighted by atomic mass is 9.96. The van der Waals surface area contributed by atoms with Crippen LogP contribution in [-0.2, 0) is 9.59 Å². The van der Waals surface area contributed by atoms with Crippen molar-refractivity contribution in [3.63, 3.8) is 0 Å². The number of hydrogen-bond acceptors (Lipinski definition) is 3. The molecule has 7 nitrogen and oxygen atoms in total. The number of hydrogen-bond donors (Lipinski definition) is 3. The molecular weight excluding hydrogens is 270 g/mol. The van der Waals surface area contributed by atoms with Crippen LogP contribution in [0.4, 0.5) is 0 Å². The second-order valence-electron chi connectivity index (χ2n) is 5.92. The number of carbonyl (C=O) groups excluding carboxylic acids is 2. The minimum atomic E-state index is -0.392. The quantitative estimate of drug-likeness (QED) is 0.360. The van der Waals surface area contributed by atoms with Crippen LogP contribution >= 0.6 is 0 Å². The average Bonchev–Trinajstić information content (AvgIpc) is 2.38. The lowest BCUT2D eigenvalue weighted by Crippen LogP contribution is -2.43. The zero-order chi connectivity index (χ0) is 16.5. The minimum Gasteiger partial charge on any atom is -0.357 e. The topological polar surface area (TPSA) is 85.8 Å². The molecule has 0 aliphatic carbocycles. The van der Waals surface area contributed by atoms with Gasteiger partial charge in [0.15, 0.2) is 5.96 Å². The third kappa shape index (κ3) is 8.88. The molecule has 0 heterocycles. The van der Waals surface area contributed by atoms with Crippen LogP contribution in [0, 0.1) is 5.41 Å². The Morgan fingerprint density at radius 2 is 1.62 bits per heavy atom. The number of guanidine groups is 1. The number of nitrogens with one attached hydrogen (secondary N) is 3. The molecule has 0 saturated carbocycles. The second kappa shape index (κ2) is 9.20. The summed E-state index contributed by atoms with van der Waals surface area (Å²) in [5.74, 6) is 0.514. The molecule has 0 aliphatic heterocycles. The van der Waals surface area contributed by atoms with Crippen molar-refractivity contribution in [1.82, 2.24) is 20.9 Å². The predicted octanol–water partition coefficient (Wildman–Crippen LogP) is -0.208. The molecule has 0 radical (unpaired) electrons. The molecule has 0 saturated heterocycles. The van der Waals surface area contributed by atoms with Gasteiger partial charge in [-0.3, -0.25) is 9.59 Å². The summed E-state index contributed by atoms with van der Waals surface area (Å²) in [6.45, 7) is 9.40. The van der Waals surface area contributed by atoms with Crippen LogP contribution in [0.5, 0.6) is 0 Å². The van der Waals surface area contributed by atoms with Crippen LogP contribution in [0.15, 0.2) is 4.99 Å². The third-order valence-electron chi connectivity index (χ3n) is 2.60. The van der Waals surface area contributed by atoms with Crippen molar-refractivity contribution in [3.05, 3.63) is 0 Å². The van der Waals surface area contributed by atoms with E-state index in [4.69, 9.17) is 0 Å². The van der Waals surface area contributed by atoms with Crippen molar-refractivity contribution in [3.8, 4) is 0 Å². The second-order valence-corrected chi connectivity index (χ2v) is 5.92. The van der Waals surface area contributed by atoms with Crippen molar-refractivity contribution < 1.29 is 9.59 Å². The van der Waals surface area contributed by atoms with Crippen molar-refractivity contribution in [1.29, 1.82) is 0 Å². The molecule has 2 amide bonds. The Hall–Kier alpha value is -1.79. The number of nitrogens with zero attached hydrogens (tertiary/aromatic N) is 2. The van der Waals surface area contributed by atoms with Crippen molar-refractivity contribution >= 4 is 17.8 Å².